The molecule has 0 heterocycles. The van der Waals surface area contributed by atoms with Crippen molar-refractivity contribution in [1.29, 1.82) is 0 Å². The Morgan fingerprint density at radius 2 is 2.10 bits per heavy atom. The summed E-state index contributed by atoms with van der Waals surface area (Å²) in [6.07, 6.45) is 3.84. The van der Waals surface area contributed by atoms with Crippen LogP contribution in [0.15, 0.2) is 12.1 Å². The van der Waals surface area contributed by atoms with Gasteiger partial charge in [0.05, 0.1) is 17.5 Å². The van der Waals surface area contributed by atoms with Crippen molar-refractivity contribution >= 4 is 11.4 Å². The molecule has 0 unspecified atom stereocenters. The highest BCUT2D eigenvalue weighted by molar-refractivity contribution is 5.70. The van der Waals surface area contributed by atoms with E-state index in [1.807, 2.05) is 13.8 Å². The Hall–Kier alpha value is -1.45. The van der Waals surface area contributed by atoms with E-state index < -0.39 is 0 Å². The Balaban J connectivity index is 2.22. The van der Waals surface area contributed by atoms with Gasteiger partial charge in [-0.25, -0.2) is 4.39 Å². The minimum absolute atomic E-state index is 0.0531. The number of rotatable bonds is 6. The number of ether oxygens (including phenoxy) is 1. The third-order valence-corrected chi connectivity index (χ3v) is 3.87. The molecule has 0 radical (unpaired) electrons. The average molecular weight is 280 g/mol. The average Bonchev–Trinajstić information content (AvgIpc) is 2.32. The van der Waals surface area contributed by atoms with Gasteiger partial charge in [0.2, 0.25) is 0 Å². The molecule has 0 aromatic heterocycles. The van der Waals surface area contributed by atoms with Gasteiger partial charge in [-0.05, 0) is 39.5 Å². The van der Waals surface area contributed by atoms with Crippen LogP contribution >= 0.6 is 0 Å². The van der Waals surface area contributed by atoms with E-state index in [0.717, 1.165) is 24.7 Å². The van der Waals surface area contributed by atoms with Crippen LogP contribution in [0.1, 0.15) is 40.0 Å². The highest BCUT2D eigenvalue weighted by atomic mass is 19.1. The summed E-state index contributed by atoms with van der Waals surface area (Å²) < 4.78 is 19.4. The van der Waals surface area contributed by atoms with Gasteiger partial charge >= 0.3 is 0 Å². The summed E-state index contributed by atoms with van der Waals surface area (Å²) in [4.78, 5) is 2.23. The molecule has 20 heavy (non-hydrogen) atoms. The lowest BCUT2D eigenvalue weighted by atomic mass is 9.85. The topological polar surface area (TPSA) is 38.5 Å². The van der Waals surface area contributed by atoms with E-state index in [2.05, 4.69) is 11.8 Å². The minimum Gasteiger partial charge on any atom is -0.488 e. The molecule has 0 amide bonds. The summed E-state index contributed by atoms with van der Waals surface area (Å²) in [5.41, 5.74) is 7.37. The van der Waals surface area contributed by atoms with Crippen LogP contribution < -0.4 is 15.4 Å². The smallest absolute Gasteiger partial charge is 0.167 e. The number of nitrogens with two attached hydrogens (primary N) is 1. The van der Waals surface area contributed by atoms with Gasteiger partial charge in [-0.3, -0.25) is 0 Å². The number of anilines is 2. The van der Waals surface area contributed by atoms with Gasteiger partial charge in [-0.1, -0.05) is 6.42 Å². The van der Waals surface area contributed by atoms with Crippen molar-refractivity contribution in [2.24, 2.45) is 5.92 Å². The SMILES string of the molecule is CCN(CC1CCC1)c1cc(OC(C)C)c(F)cc1N. The Bertz CT molecular complexity index is 458. The summed E-state index contributed by atoms with van der Waals surface area (Å²) in [5.74, 6) is 0.643. The van der Waals surface area contributed by atoms with E-state index in [9.17, 15) is 4.39 Å². The number of halogens is 1. The third kappa shape index (κ3) is 3.35. The second kappa shape index (κ2) is 6.33. The van der Waals surface area contributed by atoms with Gasteiger partial charge in [0.15, 0.2) is 11.6 Å². The summed E-state index contributed by atoms with van der Waals surface area (Å²) in [6.45, 7) is 7.74. The standard InChI is InChI=1S/C16H25FN2O/c1-4-19(10-12-6-5-7-12)15-9-16(20-11(2)3)13(17)8-14(15)18/h8-9,11-12H,4-7,10,18H2,1-3H3. The van der Waals surface area contributed by atoms with Crippen LogP contribution in [0.25, 0.3) is 0 Å². The van der Waals surface area contributed by atoms with Crippen LogP contribution in [0.2, 0.25) is 0 Å². The van der Waals surface area contributed by atoms with E-state index in [0.29, 0.717) is 5.69 Å². The van der Waals surface area contributed by atoms with Crippen molar-refractivity contribution < 1.29 is 9.13 Å². The predicted molar refractivity (Wildman–Crippen MR) is 81.8 cm³/mol. The molecule has 1 aromatic carbocycles. The van der Waals surface area contributed by atoms with Crippen LogP contribution in [0.5, 0.6) is 5.75 Å². The van der Waals surface area contributed by atoms with Crippen molar-refractivity contribution in [3.63, 3.8) is 0 Å². The first-order chi connectivity index (χ1) is 9.51. The monoisotopic (exact) mass is 280 g/mol. The lowest BCUT2D eigenvalue weighted by molar-refractivity contribution is 0.231. The number of hydrogen-bond acceptors (Lipinski definition) is 3. The van der Waals surface area contributed by atoms with Gasteiger partial charge in [-0.15, -0.1) is 0 Å². The predicted octanol–water partition coefficient (Wildman–Crippen LogP) is 3.82. The fourth-order valence-electron chi connectivity index (χ4n) is 2.56. The molecule has 0 bridgehead atoms. The molecule has 0 saturated heterocycles. The summed E-state index contributed by atoms with van der Waals surface area (Å²) in [5, 5.41) is 0. The minimum atomic E-state index is -0.389. The molecule has 2 N–H and O–H groups in total. The second-order valence-corrected chi connectivity index (χ2v) is 5.84. The summed E-state index contributed by atoms with van der Waals surface area (Å²) in [6, 6.07) is 3.11. The zero-order chi connectivity index (χ0) is 14.7. The first-order valence-corrected chi connectivity index (χ1v) is 7.51. The van der Waals surface area contributed by atoms with Crippen molar-refractivity contribution in [2.75, 3.05) is 23.7 Å². The molecule has 0 aliphatic heterocycles. The highest BCUT2D eigenvalue weighted by Gasteiger charge is 2.22. The van der Waals surface area contributed by atoms with E-state index >= 15 is 0 Å². The molecular formula is C16H25FN2O. The zero-order valence-electron chi connectivity index (χ0n) is 12.7. The molecule has 1 aromatic rings. The molecule has 1 fully saturated rings. The lowest BCUT2D eigenvalue weighted by Crippen LogP contribution is -2.33. The largest absolute Gasteiger partial charge is 0.488 e. The van der Waals surface area contributed by atoms with Gasteiger partial charge in [0.25, 0.3) is 0 Å². The first kappa shape index (κ1) is 14.9. The van der Waals surface area contributed by atoms with Crippen molar-refractivity contribution in [3.05, 3.63) is 17.9 Å². The molecule has 4 heteroatoms. The van der Waals surface area contributed by atoms with Gasteiger partial charge in [0.1, 0.15) is 0 Å². The van der Waals surface area contributed by atoms with Crippen molar-refractivity contribution in [2.45, 2.75) is 46.1 Å². The van der Waals surface area contributed by atoms with Crippen LogP contribution in [-0.2, 0) is 0 Å². The third-order valence-electron chi connectivity index (χ3n) is 3.87. The molecule has 1 aliphatic carbocycles. The quantitative estimate of drug-likeness (QED) is 0.805. The maximum atomic E-state index is 13.9. The molecule has 1 aliphatic rings. The van der Waals surface area contributed by atoms with Gasteiger partial charge in [0, 0.05) is 25.2 Å². The summed E-state index contributed by atoms with van der Waals surface area (Å²) >= 11 is 0. The van der Waals surface area contributed by atoms with E-state index in [1.54, 1.807) is 6.07 Å². The fourth-order valence-corrected chi connectivity index (χ4v) is 2.56. The second-order valence-electron chi connectivity index (χ2n) is 5.84. The number of benzene rings is 1. The molecule has 112 valence electrons. The molecule has 0 spiro atoms. The van der Waals surface area contributed by atoms with Gasteiger partial charge in [-0.2, -0.15) is 0 Å². The van der Waals surface area contributed by atoms with Crippen molar-refractivity contribution in [1.82, 2.24) is 0 Å². The van der Waals surface area contributed by atoms with Crippen LogP contribution in [-0.4, -0.2) is 19.2 Å². The number of nitrogen functional groups attached to an aromatic ring is 1. The van der Waals surface area contributed by atoms with Gasteiger partial charge < -0.3 is 15.4 Å². The first-order valence-electron chi connectivity index (χ1n) is 7.51. The molecule has 0 atom stereocenters. The molecule has 3 nitrogen and oxygen atoms in total. The Morgan fingerprint density at radius 3 is 2.60 bits per heavy atom. The lowest BCUT2D eigenvalue weighted by Gasteiger charge is -2.34. The number of nitrogens with zero attached hydrogens (tertiary/aromatic N) is 1. The van der Waals surface area contributed by atoms with E-state index in [4.69, 9.17) is 10.5 Å². The Kier molecular flexibility index (Phi) is 4.73. The van der Waals surface area contributed by atoms with Crippen LogP contribution in [0.3, 0.4) is 0 Å². The summed E-state index contributed by atoms with van der Waals surface area (Å²) in [7, 11) is 0. The Labute approximate surface area is 120 Å². The number of hydrogen-bond donors (Lipinski definition) is 1. The fraction of sp³-hybridized carbons (Fsp3) is 0.625. The molecular weight excluding hydrogens is 255 g/mol. The maximum Gasteiger partial charge on any atom is 0.167 e. The van der Waals surface area contributed by atoms with E-state index in [1.165, 1.54) is 25.3 Å². The molecule has 2 rings (SSSR count). The normalized spacial score (nSPS) is 15.2. The zero-order valence-corrected chi connectivity index (χ0v) is 12.7. The van der Waals surface area contributed by atoms with Crippen LogP contribution in [0.4, 0.5) is 15.8 Å². The highest BCUT2D eigenvalue weighted by Crippen LogP contribution is 2.34. The maximum absolute atomic E-state index is 13.9. The molecule has 1 saturated carbocycles. The van der Waals surface area contributed by atoms with Crippen molar-refractivity contribution in [3.8, 4) is 5.75 Å². The van der Waals surface area contributed by atoms with E-state index in [-0.39, 0.29) is 17.7 Å². The Morgan fingerprint density at radius 1 is 1.40 bits per heavy atom. The van der Waals surface area contributed by atoms with Crippen LogP contribution in [0, 0.1) is 11.7 Å².